The van der Waals surface area contributed by atoms with E-state index in [4.69, 9.17) is 22.7 Å². The van der Waals surface area contributed by atoms with Crippen LogP contribution in [0.25, 0.3) is 0 Å². The minimum Gasteiger partial charge on any atom is -0.394 e. The lowest BCUT2D eigenvalue weighted by atomic mass is 10.1. The van der Waals surface area contributed by atoms with Gasteiger partial charge in [-0.25, -0.2) is 4.39 Å². The molecule has 0 radical (unpaired) electrons. The van der Waals surface area contributed by atoms with Crippen LogP contribution < -0.4 is 10.6 Å². The lowest BCUT2D eigenvalue weighted by Gasteiger charge is -2.37. The zero-order valence-corrected chi connectivity index (χ0v) is 13.4. The fourth-order valence-electron chi connectivity index (χ4n) is 2.32. The molecule has 20 heavy (non-hydrogen) atoms. The summed E-state index contributed by atoms with van der Waals surface area (Å²) >= 11 is 8.08. The number of morpholine rings is 1. The molecule has 1 aromatic rings. The summed E-state index contributed by atoms with van der Waals surface area (Å²) in [6.45, 7) is 2.81. The monoisotopic (exact) mass is 362 g/mol. The van der Waals surface area contributed by atoms with E-state index in [0.29, 0.717) is 24.3 Å². The van der Waals surface area contributed by atoms with E-state index in [1.54, 1.807) is 12.1 Å². The van der Waals surface area contributed by atoms with Crippen molar-refractivity contribution in [2.45, 2.75) is 19.1 Å². The molecule has 0 spiro atoms. The molecular weight excluding hydrogens is 347 g/mol. The number of nitrogens with zero attached hydrogens (tertiary/aromatic N) is 1. The molecule has 0 saturated carbocycles. The number of anilines is 1. The van der Waals surface area contributed by atoms with Crippen molar-refractivity contribution < 1.29 is 14.2 Å². The summed E-state index contributed by atoms with van der Waals surface area (Å²) in [5.41, 5.74) is 6.47. The van der Waals surface area contributed by atoms with Crippen LogP contribution in [0.3, 0.4) is 0 Å². The predicted octanol–water partition coefficient (Wildman–Crippen LogP) is 1.81. The van der Waals surface area contributed by atoms with Gasteiger partial charge in [-0.2, -0.15) is 0 Å². The Kier molecular flexibility index (Phi) is 4.95. The predicted molar refractivity (Wildman–Crippen MR) is 83.6 cm³/mol. The third-order valence-corrected chi connectivity index (χ3v) is 4.19. The Morgan fingerprint density at radius 1 is 1.60 bits per heavy atom. The number of thiocarbonyl (C=S) groups is 1. The second-order valence-electron chi connectivity index (χ2n) is 4.78. The van der Waals surface area contributed by atoms with E-state index in [1.807, 2.05) is 11.8 Å². The number of aliphatic hydroxyl groups excluding tert-OH is 1. The Labute approximate surface area is 130 Å². The smallest absolute Gasteiger partial charge is 0.161 e. The largest absolute Gasteiger partial charge is 0.394 e. The highest BCUT2D eigenvalue weighted by molar-refractivity contribution is 9.10. The van der Waals surface area contributed by atoms with E-state index < -0.39 is 5.82 Å². The molecule has 2 rings (SSSR count). The van der Waals surface area contributed by atoms with E-state index >= 15 is 0 Å². The number of nitrogens with two attached hydrogens (primary N) is 1. The summed E-state index contributed by atoms with van der Waals surface area (Å²) in [4.78, 5) is 2.00. The lowest BCUT2D eigenvalue weighted by Crippen LogP contribution is -2.48. The Morgan fingerprint density at radius 2 is 2.30 bits per heavy atom. The minimum atomic E-state index is -0.402. The van der Waals surface area contributed by atoms with Gasteiger partial charge in [-0.3, -0.25) is 0 Å². The minimum absolute atomic E-state index is 0.0747. The van der Waals surface area contributed by atoms with Crippen LogP contribution >= 0.6 is 28.1 Å². The van der Waals surface area contributed by atoms with E-state index in [-0.39, 0.29) is 28.3 Å². The van der Waals surface area contributed by atoms with Crippen molar-refractivity contribution in [2.24, 2.45) is 5.73 Å². The van der Waals surface area contributed by atoms with Crippen molar-refractivity contribution in [3.8, 4) is 0 Å². The Hall–Kier alpha value is -0.760. The number of halogens is 2. The van der Waals surface area contributed by atoms with Crippen molar-refractivity contribution in [1.29, 1.82) is 0 Å². The molecule has 0 bridgehead atoms. The highest BCUT2D eigenvalue weighted by Gasteiger charge is 2.27. The molecule has 1 fully saturated rings. The van der Waals surface area contributed by atoms with E-state index in [2.05, 4.69) is 15.9 Å². The molecular formula is C13H16BrFN2O2S. The molecule has 1 aliphatic heterocycles. The van der Waals surface area contributed by atoms with E-state index in [0.717, 1.165) is 0 Å². The second-order valence-corrected chi connectivity index (χ2v) is 6.01. The molecule has 1 heterocycles. The molecule has 1 saturated heterocycles. The van der Waals surface area contributed by atoms with E-state index in [9.17, 15) is 9.50 Å². The summed E-state index contributed by atoms with van der Waals surface area (Å²) in [5.74, 6) is -0.402. The molecule has 2 unspecified atom stereocenters. The Bertz CT molecular complexity index is 529. The van der Waals surface area contributed by atoms with Gasteiger partial charge in [-0.15, -0.1) is 0 Å². The van der Waals surface area contributed by atoms with Crippen LogP contribution in [0.5, 0.6) is 0 Å². The average molecular weight is 363 g/mol. The summed E-state index contributed by atoms with van der Waals surface area (Å²) < 4.78 is 20.3. The van der Waals surface area contributed by atoms with Gasteiger partial charge in [0, 0.05) is 18.7 Å². The summed E-state index contributed by atoms with van der Waals surface area (Å²) in [6, 6.07) is 3.35. The number of aliphatic hydroxyl groups is 1. The van der Waals surface area contributed by atoms with Gasteiger partial charge in [-0.1, -0.05) is 12.2 Å². The topological polar surface area (TPSA) is 58.7 Å². The fourth-order valence-corrected chi connectivity index (χ4v) is 3.17. The first-order valence-corrected chi connectivity index (χ1v) is 7.43. The van der Waals surface area contributed by atoms with Crippen molar-refractivity contribution in [3.63, 3.8) is 0 Å². The molecule has 7 heteroatoms. The molecule has 0 aromatic heterocycles. The van der Waals surface area contributed by atoms with Crippen molar-refractivity contribution in [1.82, 2.24) is 0 Å². The van der Waals surface area contributed by atoms with Crippen LogP contribution in [0, 0.1) is 5.82 Å². The van der Waals surface area contributed by atoms with Crippen molar-refractivity contribution >= 4 is 38.8 Å². The van der Waals surface area contributed by atoms with Gasteiger partial charge in [-0.05, 0) is 35.0 Å². The maximum atomic E-state index is 14.5. The molecule has 1 aromatic carbocycles. The zero-order chi connectivity index (χ0) is 14.9. The zero-order valence-electron chi connectivity index (χ0n) is 11.0. The molecule has 3 N–H and O–H groups in total. The fraction of sp³-hybridized carbons (Fsp3) is 0.462. The van der Waals surface area contributed by atoms with Crippen LogP contribution in [-0.2, 0) is 4.74 Å². The van der Waals surface area contributed by atoms with Gasteiger partial charge in [0.15, 0.2) is 5.82 Å². The first-order chi connectivity index (χ1) is 9.43. The third-order valence-electron chi connectivity index (χ3n) is 3.20. The SMILES string of the molecule is CC1CN(c2ccc(C(N)=S)c(Br)c2F)CC(CO)O1. The number of ether oxygens (including phenoxy) is 1. The molecule has 1 aliphatic rings. The number of hydrogen-bond acceptors (Lipinski definition) is 4. The molecule has 0 aliphatic carbocycles. The third kappa shape index (κ3) is 3.11. The maximum absolute atomic E-state index is 14.5. The normalized spacial score (nSPS) is 22.9. The van der Waals surface area contributed by atoms with Gasteiger partial charge in [0.1, 0.15) is 4.99 Å². The van der Waals surface area contributed by atoms with Crippen LogP contribution in [-0.4, -0.2) is 42.0 Å². The Balaban J connectivity index is 2.33. The van der Waals surface area contributed by atoms with Gasteiger partial charge < -0.3 is 20.5 Å². The van der Waals surface area contributed by atoms with Gasteiger partial charge >= 0.3 is 0 Å². The van der Waals surface area contributed by atoms with Gasteiger partial charge in [0.05, 0.1) is 29.0 Å². The van der Waals surface area contributed by atoms with Crippen LogP contribution in [0.1, 0.15) is 12.5 Å². The van der Waals surface area contributed by atoms with Gasteiger partial charge in [0.25, 0.3) is 0 Å². The molecule has 110 valence electrons. The number of benzene rings is 1. The average Bonchev–Trinajstić information content (AvgIpc) is 2.40. The van der Waals surface area contributed by atoms with Crippen LogP contribution in [0.2, 0.25) is 0 Å². The quantitative estimate of drug-likeness (QED) is 0.803. The van der Waals surface area contributed by atoms with Crippen molar-refractivity contribution in [2.75, 3.05) is 24.6 Å². The molecule has 2 atom stereocenters. The van der Waals surface area contributed by atoms with Gasteiger partial charge in [0.2, 0.25) is 0 Å². The lowest BCUT2D eigenvalue weighted by molar-refractivity contribution is -0.0422. The molecule has 4 nitrogen and oxygen atoms in total. The summed E-state index contributed by atoms with van der Waals surface area (Å²) in [7, 11) is 0. The second kappa shape index (κ2) is 6.34. The number of hydrogen-bond donors (Lipinski definition) is 2. The Morgan fingerprint density at radius 3 is 2.90 bits per heavy atom. The highest BCUT2D eigenvalue weighted by atomic mass is 79.9. The summed E-state index contributed by atoms with van der Waals surface area (Å²) in [5, 5.41) is 9.23. The van der Waals surface area contributed by atoms with Crippen molar-refractivity contribution in [3.05, 3.63) is 28.0 Å². The summed E-state index contributed by atoms with van der Waals surface area (Å²) in [6.07, 6.45) is -0.387. The standard InChI is InChI=1S/C13H16BrFN2O2S/c1-7-4-17(5-8(6-18)19-7)10-3-2-9(13(16)20)11(14)12(10)15/h2-3,7-8,18H,4-6H2,1H3,(H2,16,20). The van der Waals surface area contributed by atoms with E-state index in [1.165, 1.54) is 0 Å². The van der Waals surface area contributed by atoms with Crippen LogP contribution in [0.4, 0.5) is 10.1 Å². The first-order valence-electron chi connectivity index (χ1n) is 6.23. The van der Waals surface area contributed by atoms with Crippen LogP contribution in [0.15, 0.2) is 16.6 Å². The number of rotatable bonds is 3. The maximum Gasteiger partial charge on any atom is 0.161 e. The molecule has 0 amide bonds. The first kappa shape index (κ1) is 15.6. The highest BCUT2D eigenvalue weighted by Crippen LogP contribution is 2.31.